The number of rotatable bonds is 5. The second-order valence-electron chi connectivity index (χ2n) is 12.1. The van der Waals surface area contributed by atoms with Gasteiger partial charge in [0.2, 0.25) is 11.7 Å². The number of nitrogens with one attached hydrogen (secondary N) is 1. The third kappa shape index (κ3) is 6.92. The maximum absolute atomic E-state index is 13.8. The predicted molar refractivity (Wildman–Crippen MR) is 178 cm³/mol. The number of carbonyl (C=O) groups excluding carboxylic acids is 2. The molecule has 4 heterocycles. The Morgan fingerprint density at radius 3 is 2.43 bits per heavy atom. The molecule has 5 rings (SSSR count). The van der Waals surface area contributed by atoms with E-state index in [9.17, 15) is 19.2 Å². The first kappa shape index (κ1) is 33.8. The first-order chi connectivity index (χ1) is 22.6. The van der Waals surface area contributed by atoms with Crippen LogP contribution in [0.3, 0.4) is 0 Å². The zero-order chi connectivity index (χ0) is 33.8. The molecule has 0 spiro atoms. The lowest BCUT2D eigenvalue weighted by Crippen LogP contribution is -2.45. The van der Waals surface area contributed by atoms with Crippen molar-refractivity contribution in [1.29, 1.82) is 0 Å². The largest absolute Gasteiger partial charge is 0.493 e. The summed E-state index contributed by atoms with van der Waals surface area (Å²) in [5.41, 5.74) is 0.542. The molecule has 2 aliphatic rings. The van der Waals surface area contributed by atoms with Gasteiger partial charge in [0.1, 0.15) is 11.5 Å². The fourth-order valence-electron chi connectivity index (χ4n) is 6.49. The van der Waals surface area contributed by atoms with Gasteiger partial charge in [0.25, 0.3) is 11.5 Å². The smallest absolute Gasteiger partial charge is 0.331 e. The second kappa shape index (κ2) is 14.4. The molecule has 2 bridgehead atoms. The maximum Gasteiger partial charge on any atom is 0.331 e. The summed E-state index contributed by atoms with van der Waals surface area (Å²) in [6.45, 7) is 6.25. The Hall–Kier alpha value is -4.59. The molecule has 14 nitrogen and oxygen atoms in total. The number of anilines is 1. The fraction of sp³-hybridized carbons (Fsp3) is 0.545. The number of pyridine rings is 1. The third-order valence-electron chi connectivity index (χ3n) is 9.25. The Balaban J connectivity index is 1.57. The molecule has 2 aliphatic heterocycles. The van der Waals surface area contributed by atoms with Gasteiger partial charge in [0.05, 0.1) is 26.8 Å². The van der Waals surface area contributed by atoms with Crippen LogP contribution in [0.1, 0.15) is 42.2 Å². The minimum absolute atomic E-state index is 0.0152. The molecular weight excluding hydrogens is 606 g/mol. The first-order valence-electron chi connectivity index (χ1n) is 16.0. The molecule has 1 N–H and O–H groups in total. The van der Waals surface area contributed by atoms with Gasteiger partial charge in [-0.3, -0.25) is 28.4 Å². The van der Waals surface area contributed by atoms with Gasteiger partial charge in [-0.2, -0.15) is 0 Å². The average Bonchev–Trinajstić information content (AvgIpc) is 3.09. The Labute approximate surface area is 273 Å². The van der Waals surface area contributed by atoms with Crippen LogP contribution in [0.25, 0.3) is 10.9 Å². The fourth-order valence-corrected chi connectivity index (χ4v) is 6.49. The van der Waals surface area contributed by atoms with E-state index in [4.69, 9.17) is 19.2 Å². The van der Waals surface area contributed by atoms with Gasteiger partial charge in [-0.15, -0.1) is 0 Å². The summed E-state index contributed by atoms with van der Waals surface area (Å²) >= 11 is 0. The van der Waals surface area contributed by atoms with E-state index in [1.54, 1.807) is 26.2 Å². The molecule has 254 valence electrons. The number of amides is 2. The van der Waals surface area contributed by atoms with Crippen molar-refractivity contribution < 1.29 is 23.8 Å². The number of ether oxygens (including phenoxy) is 3. The van der Waals surface area contributed by atoms with Crippen LogP contribution in [0.2, 0.25) is 0 Å². The summed E-state index contributed by atoms with van der Waals surface area (Å²) in [4.78, 5) is 63.2. The van der Waals surface area contributed by atoms with Crippen LogP contribution in [0.15, 0.2) is 27.8 Å². The highest BCUT2D eigenvalue weighted by Gasteiger charge is 2.28. The van der Waals surface area contributed by atoms with Gasteiger partial charge in [0, 0.05) is 89.4 Å². The maximum atomic E-state index is 13.8. The SMILES string of the molecule is CCN1CCN(C(=O)c2cc(=O)n(C)c(=O)n2C)CCC(=O)NCC2CCCN(C2)c2nc3cc(OC)c(OC)c(OC)c3cc2C1. The first-order valence-corrected chi connectivity index (χ1v) is 16.0. The average molecular weight is 652 g/mol. The van der Waals surface area contributed by atoms with E-state index >= 15 is 0 Å². The molecule has 2 amide bonds. The molecular formula is C33H45N7O7. The number of benzene rings is 1. The highest BCUT2D eigenvalue weighted by atomic mass is 16.5. The van der Waals surface area contributed by atoms with Crippen LogP contribution < -0.4 is 35.7 Å². The second-order valence-corrected chi connectivity index (χ2v) is 12.1. The molecule has 1 atom stereocenters. The molecule has 14 heteroatoms. The van der Waals surface area contributed by atoms with Crippen molar-refractivity contribution in [3.8, 4) is 17.2 Å². The monoisotopic (exact) mass is 651 g/mol. The van der Waals surface area contributed by atoms with E-state index in [-0.39, 0.29) is 37.0 Å². The van der Waals surface area contributed by atoms with Gasteiger partial charge in [-0.05, 0) is 31.4 Å². The third-order valence-corrected chi connectivity index (χ3v) is 9.25. The van der Waals surface area contributed by atoms with E-state index in [1.807, 2.05) is 6.07 Å². The van der Waals surface area contributed by atoms with Crippen LogP contribution >= 0.6 is 0 Å². The quantitative estimate of drug-likeness (QED) is 0.430. The predicted octanol–water partition coefficient (Wildman–Crippen LogP) is 1.36. The van der Waals surface area contributed by atoms with Gasteiger partial charge < -0.3 is 29.3 Å². The Morgan fingerprint density at radius 1 is 0.957 bits per heavy atom. The Bertz CT molecular complexity index is 1770. The van der Waals surface area contributed by atoms with Crippen molar-refractivity contribution in [3.05, 3.63) is 50.3 Å². The van der Waals surface area contributed by atoms with E-state index in [0.717, 1.165) is 47.3 Å². The number of likely N-dealkylation sites (N-methyl/N-ethyl adjacent to an activating group) is 1. The molecule has 2 aromatic heterocycles. The molecule has 0 aliphatic carbocycles. The molecule has 1 aromatic carbocycles. The molecule has 47 heavy (non-hydrogen) atoms. The number of nitrogens with zero attached hydrogens (tertiary/aromatic N) is 6. The standard InChI is InChI=1S/C33H45N7O7/c1-7-38-13-14-39(32(43)25-17-28(42)37(3)33(44)36(25)2)12-10-27(41)34-18-21-9-8-11-40(19-21)31-22(20-38)15-23-24(35-31)16-26(45-4)30(47-6)29(23)46-5/h15-17,21H,7-14,18-20H2,1-6H3,(H,34,41). The highest BCUT2D eigenvalue weighted by Crippen LogP contribution is 2.44. The van der Waals surface area contributed by atoms with Gasteiger partial charge in [-0.1, -0.05) is 6.92 Å². The molecule has 1 unspecified atom stereocenters. The van der Waals surface area contributed by atoms with Crippen LogP contribution in [0.5, 0.6) is 17.2 Å². The van der Waals surface area contributed by atoms with Crippen LogP contribution in [0, 0.1) is 5.92 Å². The number of carbonyl (C=O) groups is 2. The summed E-state index contributed by atoms with van der Waals surface area (Å²) in [6, 6.07) is 5.14. The Morgan fingerprint density at radius 2 is 1.72 bits per heavy atom. The highest BCUT2D eigenvalue weighted by molar-refractivity contribution is 5.93. The Kier molecular flexibility index (Phi) is 10.4. The van der Waals surface area contributed by atoms with E-state index in [2.05, 4.69) is 28.1 Å². The number of hydrogen-bond donors (Lipinski definition) is 1. The van der Waals surface area contributed by atoms with E-state index in [0.29, 0.717) is 48.9 Å². The molecule has 0 radical (unpaired) electrons. The van der Waals surface area contributed by atoms with Crippen molar-refractivity contribution in [2.75, 3.05) is 72.0 Å². The van der Waals surface area contributed by atoms with Crippen molar-refractivity contribution in [1.82, 2.24) is 29.2 Å². The van der Waals surface area contributed by atoms with Crippen LogP contribution in [0.4, 0.5) is 5.82 Å². The lowest BCUT2D eigenvalue weighted by molar-refractivity contribution is -0.121. The topological polar surface area (TPSA) is 140 Å². The lowest BCUT2D eigenvalue weighted by Gasteiger charge is -2.35. The summed E-state index contributed by atoms with van der Waals surface area (Å²) < 4.78 is 19.2. The molecule has 3 aromatic rings. The number of piperidine rings is 1. The normalized spacial score (nSPS) is 18.2. The van der Waals surface area contributed by atoms with E-state index < -0.39 is 17.2 Å². The lowest BCUT2D eigenvalue weighted by atomic mass is 9.97. The summed E-state index contributed by atoms with van der Waals surface area (Å²) in [5.74, 6) is 1.99. The number of methoxy groups -OCH3 is 3. The van der Waals surface area contributed by atoms with Gasteiger partial charge in [-0.25, -0.2) is 9.78 Å². The summed E-state index contributed by atoms with van der Waals surface area (Å²) in [6.07, 6.45) is 2.04. The molecule has 1 saturated heterocycles. The zero-order valence-corrected chi connectivity index (χ0v) is 28.1. The van der Waals surface area contributed by atoms with Gasteiger partial charge in [0.15, 0.2) is 11.5 Å². The van der Waals surface area contributed by atoms with Gasteiger partial charge >= 0.3 is 5.69 Å². The number of fused-ring (bicyclic) bond motifs is 5. The minimum Gasteiger partial charge on any atom is -0.493 e. The number of aromatic nitrogens is 3. The molecule has 1 fully saturated rings. The number of hydrogen-bond acceptors (Lipinski definition) is 10. The molecule has 0 saturated carbocycles. The van der Waals surface area contributed by atoms with Crippen LogP contribution in [-0.4, -0.2) is 103 Å². The minimum atomic E-state index is -0.589. The van der Waals surface area contributed by atoms with Crippen molar-refractivity contribution in [2.24, 2.45) is 20.0 Å². The zero-order valence-electron chi connectivity index (χ0n) is 28.1. The summed E-state index contributed by atoms with van der Waals surface area (Å²) in [5, 5.41) is 3.86. The van der Waals surface area contributed by atoms with Crippen molar-refractivity contribution in [3.63, 3.8) is 0 Å². The summed E-state index contributed by atoms with van der Waals surface area (Å²) in [7, 11) is 7.59. The van der Waals surface area contributed by atoms with E-state index in [1.165, 1.54) is 24.7 Å². The van der Waals surface area contributed by atoms with Crippen LogP contribution in [-0.2, 0) is 25.4 Å². The van der Waals surface area contributed by atoms with Crippen molar-refractivity contribution in [2.45, 2.75) is 32.7 Å². The van der Waals surface area contributed by atoms with Crippen molar-refractivity contribution >= 4 is 28.5 Å².